The van der Waals surface area contributed by atoms with Crippen LogP contribution in [0.25, 0.3) is 0 Å². The molecule has 0 saturated heterocycles. The Morgan fingerprint density at radius 2 is 0.810 bits per heavy atom. The van der Waals surface area contributed by atoms with Gasteiger partial charge < -0.3 is 18.9 Å². The van der Waals surface area contributed by atoms with Gasteiger partial charge in [-0.05, 0) is 70.6 Å². The van der Waals surface area contributed by atoms with E-state index in [9.17, 15) is 0 Å². The Balaban J connectivity index is 1.17. The minimum absolute atomic E-state index is 0.00694. The van der Waals surface area contributed by atoms with Crippen LogP contribution in [0.2, 0.25) is 0 Å². The zero-order chi connectivity index (χ0) is 14.1. The van der Waals surface area contributed by atoms with Crippen molar-refractivity contribution in [1.82, 2.24) is 0 Å². The van der Waals surface area contributed by atoms with Crippen LogP contribution in [-0.2, 0) is 18.9 Å². The van der Waals surface area contributed by atoms with Gasteiger partial charge in [-0.2, -0.15) is 0 Å². The maximum atomic E-state index is 5.98. The van der Waals surface area contributed by atoms with Crippen molar-refractivity contribution in [3.8, 4) is 0 Å². The summed E-state index contributed by atoms with van der Waals surface area (Å²) < 4.78 is 23.9. The van der Waals surface area contributed by atoms with E-state index in [0.717, 1.165) is 19.3 Å². The molecule has 0 radical (unpaired) electrons. The molecule has 0 aromatic rings. The average Bonchev–Trinajstić information content (AvgIpc) is 3.31. The Labute approximate surface area is 127 Å². The third-order valence-corrected chi connectivity index (χ3v) is 4.35. The van der Waals surface area contributed by atoms with Gasteiger partial charge in [0.25, 0.3) is 0 Å². The quantitative estimate of drug-likeness (QED) is 0.516. The second kappa shape index (κ2) is 6.53. The van der Waals surface area contributed by atoms with Crippen molar-refractivity contribution in [2.75, 3.05) is 0 Å². The Morgan fingerprint density at radius 3 is 1.05 bits per heavy atom. The molecule has 0 heterocycles. The standard InChI is InChI=1S/C17H28O4/c1(2-16(18-12-4-5-12)19-13-6-7-13)3-17(20-14-8-9-14)21-15-10-11-15/h12-17H,1-11H2. The van der Waals surface area contributed by atoms with Crippen LogP contribution in [0.3, 0.4) is 0 Å². The lowest BCUT2D eigenvalue weighted by molar-refractivity contribution is -0.174. The topological polar surface area (TPSA) is 36.9 Å². The summed E-state index contributed by atoms with van der Waals surface area (Å²) in [7, 11) is 0. The Bertz CT molecular complexity index is 272. The summed E-state index contributed by atoms with van der Waals surface area (Å²) in [6.45, 7) is 0. The first-order chi connectivity index (χ1) is 10.3. The van der Waals surface area contributed by atoms with Crippen molar-refractivity contribution in [3.05, 3.63) is 0 Å². The van der Waals surface area contributed by atoms with Gasteiger partial charge in [0.2, 0.25) is 0 Å². The molecule has 4 fully saturated rings. The first-order valence-corrected chi connectivity index (χ1v) is 8.97. The Hall–Kier alpha value is -0.160. The minimum atomic E-state index is 0.00694. The predicted octanol–water partition coefficient (Wildman–Crippen LogP) is 3.52. The lowest BCUT2D eigenvalue weighted by Gasteiger charge is -2.21. The molecule has 4 aliphatic carbocycles. The van der Waals surface area contributed by atoms with Gasteiger partial charge in [-0.1, -0.05) is 0 Å². The Kier molecular flexibility index (Phi) is 4.49. The van der Waals surface area contributed by atoms with Crippen molar-refractivity contribution in [1.29, 1.82) is 0 Å². The van der Waals surface area contributed by atoms with Gasteiger partial charge in [0.15, 0.2) is 12.6 Å². The summed E-state index contributed by atoms with van der Waals surface area (Å²) in [6, 6.07) is 0. The molecule has 0 aromatic heterocycles. The molecule has 0 aromatic carbocycles. The van der Waals surface area contributed by atoms with Crippen LogP contribution < -0.4 is 0 Å². The van der Waals surface area contributed by atoms with Crippen molar-refractivity contribution in [2.24, 2.45) is 0 Å². The molecule has 4 saturated carbocycles. The largest absolute Gasteiger partial charge is 0.349 e. The highest BCUT2D eigenvalue weighted by Gasteiger charge is 2.33. The minimum Gasteiger partial charge on any atom is -0.349 e. The van der Waals surface area contributed by atoms with Gasteiger partial charge in [-0.25, -0.2) is 0 Å². The van der Waals surface area contributed by atoms with Crippen LogP contribution in [-0.4, -0.2) is 37.0 Å². The number of hydrogen-bond donors (Lipinski definition) is 0. The van der Waals surface area contributed by atoms with E-state index in [4.69, 9.17) is 18.9 Å². The van der Waals surface area contributed by atoms with Crippen molar-refractivity contribution >= 4 is 0 Å². The summed E-state index contributed by atoms with van der Waals surface area (Å²) >= 11 is 0. The summed E-state index contributed by atoms with van der Waals surface area (Å²) in [5, 5.41) is 0. The molecule has 0 bridgehead atoms. The first-order valence-electron chi connectivity index (χ1n) is 8.97. The zero-order valence-electron chi connectivity index (χ0n) is 12.9. The predicted molar refractivity (Wildman–Crippen MR) is 77.9 cm³/mol. The third kappa shape index (κ3) is 5.51. The maximum absolute atomic E-state index is 5.98. The van der Waals surface area contributed by atoms with E-state index in [2.05, 4.69) is 0 Å². The molecular formula is C17H28O4. The molecule has 4 aliphatic rings. The van der Waals surface area contributed by atoms with Crippen LogP contribution in [0, 0.1) is 0 Å². The Morgan fingerprint density at radius 1 is 0.524 bits per heavy atom. The van der Waals surface area contributed by atoms with Crippen LogP contribution in [0.1, 0.15) is 70.6 Å². The van der Waals surface area contributed by atoms with Crippen LogP contribution >= 0.6 is 0 Å². The van der Waals surface area contributed by atoms with Gasteiger partial charge in [0.05, 0.1) is 24.4 Å². The smallest absolute Gasteiger partial charge is 0.158 e. The first kappa shape index (κ1) is 14.4. The number of hydrogen-bond acceptors (Lipinski definition) is 4. The summed E-state index contributed by atoms with van der Waals surface area (Å²) in [4.78, 5) is 0. The summed E-state index contributed by atoms with van der Waals surface area (Å²) in [5.74, 6) is 0. The van der Waals surface area contributed by atoms with Crippen molar-refractivity contribution in [2.45, 2.75) is 108 Å². The lowest BCUT2D eigenvalue weighted by Crippen LogP contribution is -2.23. The van der Waals surface area contributed by atoms with Crippen LogP contribution in [0.4, 0.5) is 0 Å². The van der Waals surface area contributed by atoms with E-state index in [1.54, 1.807) is 0 Å². The fraction of sp³-hybridized carbons (Fsp3) is 1.00. The third-order valence-electron chi connectivity index (χ3n) is 4.35. The molecule has 4 rings (SSSR count). The molecule has 0 unspecified atom stereocenters. The van der Waals surface area contributed by atoms with E-state index < -0.39 is 0 Å². The molecule has 4 heteroatoms. The fourth-order valence-corrected chi connectivity index (χ4v) is 2.46. The molecule has 21 heavy (non-hydrogen) atoms. The number of rotatable bonds is 12. The highest BCUT2D eigenvalue weighted by atomic mass is 16.7. The van der Waals surface area contributed by atoms with Gasteiger partial charge in [0, 0.05) is 0 Å². The molecule has 120 valence electrons. The van der Waals surface area contributed by atoms with E-state index in [0.29, 0.717) is 24.4 Å². The highest BCUT2D eigenvalue weighted by Crippen LogP contribution is 2.33. The average molecular weight is 296 g/mol. The molecule has 0 atom stereocenters. The summed E-state index contributed by atoms with van der Waals surface area (Å²) in [5.41, 5.74) is 0. The highest BCUT2D eigenvalue weighted by molar-refractivity contribution is 4.79. The molecule has 0 aliphatic heterocycles. The molecule has 0 N–H and O–H groups in total. The van der Waals surface area contributed by atoms with Crippen molar-refractivity contribution in [3.63, 3.8) is 0 Å². The normalized spacial score (nSPS) is 26.0. The van der Waals surface area contributed by atoms with E-state index >= 15 is 0 Å². The summed E-state index contributed by atoms with van der Waals surface area (Å²) in [6.07, 6.45) is 14.6. The van der Waals surface area contributed by atoms with Crippen LogP contribution in [0.5, 0.6) is 0 Å². The van der Waals surface area contributed by atoms with Crippen molar-refractivity contribution < 1.29 is 18.9 Å². The van der Waals surface area contributed by atoms with E-state index in [-0.39, 0.29) is 12.6 Å². The van der Waals surface area contributed by atoms with E-state index in [1.165, 1.54) is 51.4 Å². The second-order valence-corrected chi connectivity index (χ2v) is 7.13. The zero-order valence-corrected chi connectivity index (χ0v) is 12.9. The lowest BCUT2D eigenvalue weighted by atomic mass is 10.2. The molecule has 0 amide bonds. The van der Waals surface area contributed by atoms with Gasteiger partial charge in [-0.15, -0.1) is 0 Å². The fourth-order valence-electron chi connectivity index (χ4n) is 2.46. The second-order valence-electron chi connectivity index (χ2n) is 7.13. The van der Waals surface area contributed by atoms with E-state index in [1.807, 2.05) is 0 Å². The SMILES string of the molecule is C(CC(OC1CC1)OC1CC1)CC(OC1CC1)OC1CC1. The number of ether oxygens (including phenoxy) is 4. The van der Waals surface area contributed by atoms with Gasteiger partial charge >= 0.3 is 0 Å². The van der Waals surface area contributed by atoms with Crippen LogP contribution in [0.15, 0.2) is 0 Å². The maximum Gasteiger partial charge on any atom is 0.158 e. The van der Waals surface area contributed by atoms with Gasteiger partial charge in [-0.3, -0.25) is 0 Å². The van der Waals surface area contributed by atoms with Gasteiger partial charge in [0.1, 0.15) is 0 Å². The molecule has 0 spiro atoms. The molecule has 4 nitrogen and oxygen atoms in total. The molecular weight excluding hydrogens is 268 g/mol. The monoisotopic (exact) mass is 296 g/mol.